The van der Waals surface area contributed by atoms with Crippen molar-refractivity contribution in [2.45, 2.75) is 71.2 Å². The summed E-state index contributed by atoms with van der Waals surface area (Å²) in [6.45, 7) is 6.15. The van der Waals surface area contributed by atoms with E-state index in [1.54, 1.807) is 57.2 Å². The van der Waals surface area contributed by atoms with Crippen LogP contribution in [0.5, 0.6) is 0 Å². The molecule has 2 amide bonds. The molecule has 0 unspecified atom stereocenters. The molecule has 254 valence electrons. The lowest BCUT2D eigenvalue weighted by Gasteiger charge is -2.30. The van der Waals surface area contributed by atoms with Crippen molar-refractivity contribution in [2.75, 3.05) is 28.6 Å². The second kappa shape index (κ2) is 14.0. The van der Waals surface area contributed by atoms with E-state index in [0.717, 1.165) is 44.5 Å². The van der Waals surface area contributed by atoms with Crippen LogP contribution in [0, 0.1) is 5.82 Å². The molecule has 48 heavy (non-hydrogen) atoms. The number of benzene rings is 3. The zero-order chi connectivity index (χ0) is 34.6. The van der Waals surface area contributed by atoms with Gasteiger partial charge in [-0.25, -0.2) is 4.39 Å². The summed E-state index contributed by atoms with van der Waals surface area (Å²) in [4.78, 5) is 41.9. The van der Waals surface area contributed by atoms with E-state index in [2.05, 4.69) is 20.6 Å². The molecule has 0 bridgehead atoms. The van der Waals surface area contributed by atoms with Crippen LogP contribution in [-0.2, 0) is 22.5 Å². The van der Waals surface area contributed by atoms with Crippen molar-refractivity contribution in [3.63, 3.8) is 0 Å². The molecule has 1 aliphatic heterocycles. The van der Waals surface area contributed by atoms with Crippen molar-refractivity contribution in [2.24, 2.45) is 0 Å². The minimum absolute atomic E-state index is 0.0506. The van der Waals surface area contributed by atoms with Gasteiger partial charge in [0.05, 0.1) is 36.3 Å². The van der Waals surface area contributed by atoms with E-state index < -0.39 is 48.3 Å². The number of carbonyl (C=O) groups excluding carboxylic acids is 3. The van der Waals surface area contributed by atoms with E-state index in [1.165, 1.54) is 16.8 Å². The highest BCUT2D eigenvalue weighted by Gasteiger charge is 2.28. The van der Waals surface area contributed by atoms with Crippen LogP contribution < -0.4 is 15.5 Å². The number of ether oxygens (including phenoxy) is 1. The highest BCUT2D eigenvalue weighted by Crippen LogP contribution is 2.32. The summed E-state index contributed by atoms with van der Waals surface area (Å²) in [5.74, 6) is -2.40. The summed E-state index contributed by atoms with van der Waals surface area (Å²) in [6.07, 6.45) is -2.84. The van der Waals surface area contributed by atoms with Gasteiger partial charge < -0.3 is 20.3 Å². The van der Waals surface area contributed by atoms with Crippen molar-refractivity contribution in [1.29, 1.82) is 0 Å². The predicted molar refractivity (Wildman–Crippen MR) is 175 cm³/mol. The smallest absolute Gasteiger partial charge is 0.390 e. The van der Waals surface area contributed by atoms with E-state index in [1.807, 2.05) is 0 Å². The average molecular weight is 668 g/mol. The third-order valence-corrected chi connectivity index (χ3v) is 7.75. The molecule has 0 aliphatic carbocycles. The average Bonchev–Trinajstić information content (AvgIpc) is 3.39. The Morgan fingerprint density at radius 2 is 1.58 bits per heavy atom. The zero-order valence-corrected chi connectivity index (χ0v) is 26.9. The van der Waals surface area contributed by atoms with E-state index in [-0.39, 0.29) is 28.9 Å². The number of para-hydroxylation sites is 1. The Morgan fingerprint density at radius 1 is 0.875 bits per heavy atom. The quantitative estimate of drug-likeness (QED) is 0.141. The molecule has 0 radical (unpaired) electrons. The molecular weight excluding hydrogens is 630 g/mol. The van der Waals surface area contributed by atoms with Gasteiger partial charge in [-0.2, -0.15) is 18.3 Å². The summed E-state index contributed by atoms with van der Waals surface area (Å²) in [5, 5.41) is 10.2. The van der Waals surface area contributed by atoms with Gasteiger partial charge in [0.15, 0.2) is 5.69 Å². The summed E-state index contributed by atoms with van der Waals surface area (Å²) in [7, 11) is 0. The summed E-state index contributed by atoms with van der Waals surface area (Å²) in [6, 6.07) is 15.1. The van der Waals surface area contributed by atoms with Crippen LogP contribution in [0.4, 0.5) is 34.6 Å². The first-order valence-corrected chi connectivity index (χ1v) is 15.7. The second-order valence-electron chi connectivity index (χ2n) is 12.7. The number of halogens is 4. The van der Waals surface area contributed by atoms with Gasteiger partial charge in [0, 0.05) is 29.7 Å². The first-order valence-electron chi connectivity index (χ1n) is 15.7. The summed E-state index contributed by atoms with van der Waals surface area (Å²) < 4.78 is 59.7. The van der Waals surface area contributed by atoms with Crippen molar-refractivity contribution in [3.8, 4) is 0 Å². The molecule has 1 aromatic heterocycles. The molecular formula is C35H37F4N5O4. The molecule has 0 spiro atoms. The normalized spacial score (nSPS) is 13.8. The van der Waals surface area contributed by atoms with Gasteiger partial charge in [0.2, 0.25) is 0 Å². The SMILES string of the molecule is CC(C)(C)OC(=O)Cc1cc(F)ccc1NC(=O)c1ccc(N2CCCCC2)c(NC(=O)c2nn(CCC(F)(F)F)c3ccccc23)c1. The van der Waals surface area contributed by atoms with Gasteiger partial charge in [-0.15, -0.1) is 0 Å². The Labute approximate surface area is 275 Å². The zero-order valence-electron chi connectivity index (χ0n) is 26.9. The highest BCUT2D eigenvalue weighted by atomic mass is 19.4. The fourth-order valence-electron chi connectivity index (χ4n) is 5.63. The number of alkyl halides is 3. The summed E-state index contributed by atoms with van der Waals surface area (Å²) >= 11 is 0. The first-order chi connectivity index (χ1) is 22.7. The van der Waals surface area contributed by atoms with Crippen LogP contribution >= 0.6 is 0 Å². The van der Waals surface area contributed by atoms with Crippen molar-refractivity contribution in [3.05, 3.63) is 83.3 Å². The monoisotopic (exact) mass is 667 g/mol. The lowest BCUT2D eigenvalue weighted by atomic mass is 10.1. The highest BCUT2D eigenvalue weighted by molar-refractivity contribution is 6.13. The molecule has 1 saturated heterocycles. The number of anilines is 3. The minimum Gasteiger partial charge on any atom is -0.460 e. The lowest BCUT2D eigenvalue weighted by molar-refractivity contribution is -0.153. The van der Waals surface area contributed by atoms with Crippen LogP contribution in [0.15, 0.2) is 60.7 Å². The Morgan fingerprint density at radius 3 is 2.29 bits per heavy atom. The number of aryl methyl sites for hydroxylation is 1. The number of amides is 2. The van der Waals surface area contributed by atoms with E-state index >= 15 is 0 Å². The molecule has 1 fully saturated rings. The number of fused-ring (bicyclic) bond motifs is 1. The molecule has 4 aromatic rings. The van der Waals surface area contributed by atoms with Crippen molar-refractivity contribution >= 4 is 45.7 Å². The second-order valence-corrected chi connectivity index (χ2v) is 12.7. The van der Waals surface area contributed by atoms with Crippen molar-refractivity contribution in [1.82, 2.24) is 9.78 Å². The van der Waals surface area contributed by atoms with E-state index in [0.29, 0.717) is 22.3 Å². The topological polar surface area (TPSA) is 106 Å². The molecule has 5 rings (SSSR count). The maximum Gasteiger partial charge on any atom is 0.390 e. The Bertz CT molecular complexity index is 1820. The van der Waals surface area contributed by atoms with Crippen LogP contribution in [0.25, 0.3) is 10.9 Å². The number of nitrogens with zero attached hydrogens (tertiary/aromatic N) is 3. The number of esters is 1. The van der Waals surface area contributed by atoms with Crippen LogP contribution in [0.1, 0.15) is 72.9 Å². The fourth-order valence-corrected chi connectivity index (χ4v) is 5.63. The molecule has 9 nitrogen and oxygen atoms in total. The largest absolute Gasteiger partial charge is 0.460 e. The Hall–Kier alpha value is -4.94. The maximum absolute atomic E-state index is 14.2. The minimum atomic E-state index is -4.40. The fraction of sp³-hybridized carbons (Fsp3) is 0.371. The van der Waals surface area contributed by atoms with Crippen LogP contribution in [0.3, 0.4) is 0 Å². The molecule has 0 atom stereocenters. The molecule has 2 N–H and O–H groups in total. The van der Waals surface area contributed by atoms with Gasteiger partial charge >= 0.3 is 12.1 Å². The van der Waals surface area contributed by atoms with Crippen LogP contribution in [0.2, 0.25) is 0 Å². The Kier molecular flexibility index (Phi) is 10.1. The van der Waals surface area contributed by atoms with Gasteiger partial charge in [-0.1, -0.05) is 18.2 Å². The van der Waals surface area contributed by atoms with Crippen molar-refractivity contribution < 1.29 is 36.7 Å². The van der Waals surface area contributed by atoms with Crippen LogP contribution in [-0.4, -0.2) is 52.4 Å². The van der Waals surface area contributed by atoms with E-state index in [9.17, 15) is 31.9 Å². The number of hydrogen-bond acceptors (Lipinski definition) is 6. The number of carbonyl (C=O) groups is 3. The number of aromatic nitrogens is 2. The number of nitrogens with one attached hydrogen (secondary N) is 2. The number of rotatable bonds is 9. The maximum atomic E-state index is 14.2. The lowest BCUT2D eigenvalue weighted by Crippen LogP contribution is -2.30. The van der Waals surface area contributed by atoms with E-state index in [4.69, 9.17) is 4.74 Å². The molecule has 3 aromatic carbocycles. The third kappa shape index (κ3) is 8.69. The summed E-state index contributed by atoms with van der Waals surface area (Å²) in [5.41, 5.74) is 1.18. The first kappa shape index (κ1) is 34.4. The molecule has 13 heteroatoms. The van der Waals surface area contributed by atoms with Gasteiger partial charge in [-0.3, -0.25) is 19.1 Å². The number of hydrogen-bond donors (Lipinski definition) is 2. The van der Waals surface area contributed by atoms with Gasteiger partial charge in [0.25, 0.3) is 11.8 Å². The Balaban J connectivity index is 1.44. The number of piperidine rings is 1. The van der Waals surface area contributed by atoms with Gasteiger partial charge in [0.1, 0.15) is 11.4 Å². The molecule has 0 saturated carbocycles. The van der Waals surface area contributed by atoms with Gasteiger partial charge in [-0.05, 0) is 88.1 Å². The third-order valence-electron chi connectivity index (χ3n) is 7.75. The standard InChI is InChI=1S/C35H37F4N5O4/c1-34(2,3)48-30(45)21-23-19-24(36)12-13-26(23)40-32(46)22-11-14-29(43-16-7-4-8-17-43)27(20-22)41-33(47)31-25-9-5-6-10-28(25)44(42-31)18-15-35(37,38)39/h5-6,9-14,19-20H,4,7-8,15-18,21H2,1-3H3,(H,40,46)(H,41,47). The molecule has 2 heterocycles. The predicted octanol–water partition coefficient (Wildman–Crippen LogP) is 7.51. The molecule has 1 aliphatic rings.